The normalized spacial score (nSPS) is 18.0. The molecule has 1 atom stereocenters. The number of carbonyl (C=O) groups excluding carboxylic acids is 1. The van der Waals surface area contributed by atoms with Gasteiger partial charge in [0.25, 0.3) is 5.91 Å². The van der Waals surface area contributed by atoms with E-state index in [2.05, 4.69) is 10.2 Å². The third-order valence-electron chi connectivity index (χ3n) is 4.84. The molecule has 0 radical (unpaired) electrons. The van der Waals surface area contributed by atoms with Crippen molar-refractivity contribution in [2.24, 2.45) is 0 Å². The molecule has 1 fully saturated rings. The van der Waals surface area contributed by atoms with E-state index >= 15 is 0 Å². The standard InChI is InChI=1S/C19H30N2O3/c1-4-19(2,23-3)18(22)20-16-8-10-17(11-9-16)24-15-14-21-12-6-5-7-13-21/h8-11H,4-7,12-15H2,1-3H3,(H,20,22)/t19-/m1/s1. The Morgan fingerprint density at radius 3 is 2.46 bits per heavy atom. The molecule has 0 aliphatic carbocycles. The van der Waals surface area contributed by atoms with Crippen molar-refractivity contribution >= 4 is 11.6 Å². The molecule has 5 nitrogen and oxygen atoms in total. The van der Waals surface area contributed by atoms with Crippen LogP contribution in [0.15, 0.2) is 24.3 Å². The lowest BCUT2D eigenvalue weighted by molar-refractivity contribution is -0.136. The lowest BCUT2D eigenvalue weighted by atomic mass is 10.0. The first-order valence-corrected chi connectivity index (χ1v) is 8.89. The van der Waals surface area contributed by atoms with Crippen LogP contribution >= 0.6 is 0 Å². The molecule has 1 aliphatic heterocycles. The Kier molecular flexibility index (Phi) is 7.06. The molecule has 24 heavy (non-hydrogen) atoms. The summed E-state index contributed by atoms with van der Waals surface area (Å²) in [6.45, 7) is 7.77. The van der Waals surface area contributed by atoms with Crippen LogP contribution in [0.2, 0.25) is 0 Å². The summed E-state index contributed by atoms with van der Waals surface area (Å²) in [5.41, 5.74) is -0.0519. The lowest BCUT2D eigenvalue weighted by Crippen LogP contribution is -2.41. The molecule has 1 N–H and O–H groups in total. The monoisotopic (exact) mass is 334 g/mol. The number of amides is 1. The topological polar surface area (TPSA) is 50.8 Å². The molecule has 0 aromatic heterocycles. The summed E-state index contributed by atoms with van der Waals surface area (Å²) >= 11 is 0. The zero-order chi connectivity index (χ0) is 17.4. The average molecular weight is 334 g/mol. The summed E-state index contributed by atoms with van der Waals surface area (Å²) < 4.78 is 11.1. The predicted octanol–water partition coefficient (Wildman–Crippen LogP) is 3.30. The Labute approximate surface area is 145 Å². The molecule has 1 aromatic carbocycles. The second-order valence-corrected chi connectivity index (χ2v) is 6.52. The minimum atomic E-state index is -0.802. The Bertz CT molecular complexity index is 506. The van der Waals surface area contributed by atoms with Crippen LogP contribution < -0.4 is 10.1 Å². The fourth-order valence-corrected chi connectivity index (χ4v) is 2.77. The lowest BCUT2D eigenvalue weighted by Gasteiger charge is -2.26. The van der Waals surface area contributed by atoms with Crippen LogP contribution in [0.1, 0.15) is 39.5 Å². The molecular weight excluding hydrogens is 304 g/mol. The number of rotatable bonds is 8. The number of methoxy groups -OCH3 is 1. The van der Waals surface area contributed by atoms with Crippen molar-refractivity contribution in [3.8, 4) is 5.75 Å². The van der Waals surface area contributed by atoms with Gasteiger partial charge in [-0.05, 0) is 63.5 Å². The highest BCUT2D eigenvalue weighted by Crippen LogP contribution is 2.20. The van der Waals surface area contributed by atoms with Gasteiger partial charge in [-0.2, -0.15) is 0 Å². The van der Waals surface area contributed by atoms with Gasteiger partial charge in [-0.1, -0.05) is 13.3 Å². The summed E-state index contributed by atoms with van der Waals surface area (Å²) in [7, 11) is 1.56. The fraction of sp³-hybridized carbons (Fsp3) is 0.632. The van der Waals surface area contributed by atoms with Gasteiger partial charge in [0, 0.05) is 19.3 Å². The van der Waals surface area contributed by atoms with E-state index < -0.39 is 5.60 Å². The Morgan fingerprint density at radius 2 is 1.88 bits per heavy atom. The molecule has 134 valence electrons. The number of nitrogens with one attached hydrogen (secondary N) is 1. The van der Waals surface area contributed by atoms with Gasteiger partial charge < -0.3 is 14.8 Å². The number of hydrogen-bond donors (Lipinski definition) is 1. The number of piperidine rings is 1. The molecule has 1 amide bonds. The minimum absolute atomic E-state index is 0.133. The third-order valence-corrected chi connectivity index (χ3v) is 4.84. The second-order valence-electron chi connectivity index (χ2n) is 6.52. The van der Waals surface area contributed by atoms with Crippen LogP contribution in [0, 0.1) is 0 Å². The van der Waals surface area contributed by atoms with Gasteiger partial charge in [0.2, 0.25) is 0 Å². The Balaban J connectivity index is 1.78. The Hall–Kier alpha value is -1.59. The van der Waals surface area contributed by atoms with E-state index in [-0.39, 0.29) is 5.91 Å². The van der Waals surface area contributed by atoms with Crippen molar-refractivity contribution in [1.82, 2.24) is 4.90 Å². The van der Waals surface area contributed by atoms with E-state index in [4.69, 9.17) is 9.47 Å². The molecule has 0 unspecified atom stereocenters. The molecule has 0 spiro atoms. The van der Waals surface area contributed by atoms with Crippen LogP contribution in [0.4, 0.5) is 5.69 Å². The molecule has 5 heteroatoms. The van der Waals surface area contributed by atoms with E-state index in [1.54, 1.807) is 14.0 Å². The van der Waals surface area contributed by atoms with E-state index in [0.29, 0.717) is 13.0 Å². The zero-order valence-corrected chi connectivity index (χ0v) is 15.1. The highest BCUT2D eigenvalue weighted by molar-refractivity contribution is 5.97. The smallest absolute Gasteiger partial charge is 0.256 e. The highest BCUT2D eigenvalue weighted by Gasteiger charge is 2.30. The molecule has 1 saturated heterocycles. The van der Waals surface area contributed by atoms with Gasteiger partial charge in [-0.15, -0.1) is 0 Å². The van der Waals surface area contributed by atoms with E-state index in [1.807, 2.05) is 31.2 Å². The van der Waals surface area contributed by atoms with Crippen molar-refractivity contribution in [1.29, 1.82) is 0 Å². The molecule has 1 aliphatic rings. The van der Waals surface area contributed by atoms with Crippen LogP contribution in [0.5, 0.6) is 5.75 Å². The molecule has 1 aromatic rings. The highest BCUT2D eigenvalue weighted by atomic mass is 16.5. The number of nitrogens with zero attached hydrogens (tertiary/aromatic N) is 1. The molecule has 2 rings (SSSR count). The molecule has 0 bridgehead atoms. The Morgan fingerprint density at radius 1 is 1.21 bits per heavy atom. The maximum absolute atomic E-state index is 12.3. The van der Waals surface area contributed by atoms with Gasteiger partial charge in [-0.25, -0.2) is 0 Å². The maximum atomic E-state index is 12.3. The van der Waals surface area contributed by atoms with Crippen molar-refractivity contribution in [2.75, 3.05) is 38.7 Å². The number of hydrogen-bond acceptors (Lipinski definition) is 4. The summed E-state index contributed by atoms with van der Waals surface area (Å²) in [6.07, 6.45) is 4.57. The van der Waals surface area contributed by atoms with Gasteiger partial charge in [0.15, 0.2) is 0 Å². The van der Waals surface area contributed by atoms with Crippen LogP contribution in [0.3, 0.4) is 0 Å². The second kappa shape index (κ2) is 9.04. The van der Waals surface area contributed by atoms with Crippen molar-refractivity contribution in [2.45, 2.75) is 45.1 Å². The van der Waals surface area contributed by atoms with Crippen molar-refractivity contribution in [3.63, 3.8) is 0 Å². The summed E-state index contributed by atoms with van der Waals surface area (Å²) in [5, 5.41) is 2.89. The minimum Gasteiger partial charge on any atom is -0.492 e. The quantitative estimate of drug-likeness (QED) is 0.792. The molecular formula is C19H30N2O3. The average Bonchev–Trinajstić information content (AvgIpc) is 2.63. The summed E-state index contributed by atoms with van der Waals surface area (Å²) in [5.74, 6) is 0.696. The molecule has 1 heterocycles. The number of ether oxygens (including phenoxy) is 2. The number of likely N-dealkylation sites (tertiary alicyclic amines) is 1. The van der Waals surface area contributed by atoms with Gasteiger partial charge in [0.1, 0.15) is 18.0 Å². The molecule has 0 saturated carbocycles. The maximum Gasteiger partial charge on any atom is 0.256 e. The van der Waals surface area contributed by atoms with Crippen LogP contribution in [-0.4, -0.2) is 49.8 Å². The first-order valence-electron chi connectivity index (χ1n) is 8.89. The summed E-state index contributed by atoms with van der Waals surface area (Å²) in [4.78, 5) is 14.7. The van der Waals surface area contributed by atoms with E-state index in [9.17, 15) is 4.79 Å². The van der Waals surface area contributed by atoms with Crippen LogP contribution in [-0.2, 0) is 9.53 Å². The van der Waals surface area contributed by atoms with Crippen LogP contribution in [0.25, 0.3) is 0 Å². The van der Waals surface area contributed by atoms with E-state index in [0.717, 1.165) is 18.0 Å². The predicted molar refractivity (Wildman–Crippen MR) is 96.6 cm³/mol. The van der Waals surface area contributed by atoms with Gasteiger partial charge >= 0.3 is 0 Å². The first kappa shape index (κ1) is 18.7. The number of anilines is 1. The van der Waals surface area contributed by atoms with Gasteiger partial charge in [0.05, 0.1) is 0 Å². The number of benzene rings is 1. The van der Waals surface area contributed by atoms with E-state index in [1.165, 1.54) is 32.4 Å². The zero-order valence-electron chi connectivity index (χ0n) is 15.1. The number of carbonyl (C=O) groups is 1. The van der Waals surface area contributed by atoms with Crippen molar-refractivity contribution < 1.29 is 14.3 Å². The third kappa shape index (κ3) is 5.21. The van der Waals surface area contributed by atoms with Gasteiger partial charge in [-0.3, -0.25) is 9.69 Å². The fourth-order valence-electron chi connectivity index (χ4n) is 2.77. The first-order chi connectivity index (χ1) is 11.6. The SMILES string of the molecule is CC[C@@](C)(OC)C(=O)Nc1ccc(OCCN2CCCCC2)cc1. The summed E-state index contributed by atoms with van der Waals surface area (Å²) in [6, 6.07) is 7.50. The largest absolute Gasteiger partial charge is 0.492 e. The van der Waals surface area contributed by atoms with Crippen molar-refractivity contribution in [3.05, 3.63) is 24.3 Å².